The first-order valence-corrected chi connectivity index (χ1v) is 7.18. The lowest BCUT2D eigenvalue weighted by Gasteiger charge is -2.20. The van der Waals surface area contributed by atoms with Gasteiger partial charge in [0.05, 0.1) is 14.2 Å². The Morgan fingerprint density at radius 2 is 1.87 bits per heavy atom. The first kappa shape index (κ1) is 16.8. The number of methoxy groups -OCH3 is 2. The Bertz CT molecular complexity index is 715. The topological polar surface area (TPSA) is 38.8 Å². The van der Waals surface area contributed by atoms with E-state index in [9.17, 15) is 9.18 Å². The van der Waals surface area contributed by atoms with Crippen LogP contribution in [0, 0.1) is 12.7 Å². The zero-order valence-corrected chi connectivity index (χ0v) is 13.7. The van der Waals surface area contributed by atoms with E-state index in [1.807, 2.05) is 12.1 Å². The van der Waals surface area contributed by atoms with E-state index in [1.54, 1.807) is 40.3 Å². The number of hydrogen-bond donors (Lipinski definition) is 0. The average molecular weight is 317 g/mol. The Balaban J connectivity index is 2.23. The van der Waals surface area contributed by atoms with E-state index in [0.29, 0.717) is 23.6 Å². The van der Waals surface area contributed by atoms with Crippen LogP contribution in [0.5, 0.6) is 11.5 Å². The molecule has 0 atom stereocenters. The summed E-state index contributed by atoms with van der Waals surface area (Å²) < 4.78 is 23.9. The van der Waals surface area contributed by atoms with Gasteiger partial charge in [-0.05, 0) is 36.8 Å². The molecule has 0 aliphatic rings. The monoisotopic (exact) mass is 317 g/mol. The number of hydrogen-bond acceptors (Lipinski definition) is 3. The molecule has 1 amide bonds. The summed E-state index contributed by atoms with van der Waals surface area (Å²) >= 11 is 0. The largest absolute Gasteiger partial charge is 0.497 e. The third-order valence-electron chi connectivity index (χ3n) is 3.68. The standard InChI is InChI=1S/C18H20FNO3/c1-12-5-7-14(19)9-16(12)18(21)20(2)11-13-6-8-15(22-3)10-17(13)23-4/h5-10H,11H2,1-4H3. The molecule has 0 spiro atoms. The number of halogens is 1. The van der Waals surface area contributed by atoms with Gasteiger partial charge in [0.15, 0.2) is 0 Å². The maximum absolute atomic E-state index is 13.4. The number of nitrogens with zero attached hydrogens (tertiary/aromatic N) is 1. The summed E-state index contributed by atoms with van der Waals surface area (Å²) in [6, 6.07) is 9.63. The zero-order chi connectivity index (χ0) is 17.0. The zero-order valence-electron chi connectivity index (χ0n) is 13.7. The maximum atomic E-state index is 13.4. The Labute approximate surface area is 135 Å². The molecule has 0 heterocycles. The summed E-state index contributed by atoms with van der Waals surface area (Å²) in [4.78, 5) is 14.1. The Morgan fingerprint density at radius 1 is 1.13 bits per heavy atom. The van der Waals surface area contributed by atoms with Crippen molar-refractivity contribution in [2.24, 2.45) is 0 Å². The molecule has 4 nitrogen and oxygen atoms in total. The highest BCUT2D eigenvalue weighted by atomic mass is 19.1. The van der Waals surface area contributed by atoms with E-state index in [2.05, 4.69) is 0 Å². The van der Waals surface area contributed by atoms with Crippen molar-refractivity contribution < 1.29 is 18.7 Å². The molecule has 0 fully saturated rings. The van der Waals surface area contributed by atoms with Crippen LogP contribution in [-0.4, -0.2) is 32.1 Å². The fourth-order valence-electron chi connectivity index (χ4n) is 2.34. The molecule has 0 N–H and O–H groups in total. The molecular weight excluding hydrogens is 297 g/mol. The number of benzene rings is 2. The lowest BCUT2D eigenvalue weighted by atomic mass is 10.1. The number of rotatable bonds is 5. The number of ether oxygens (including phenoxy) is 2. The normalized spacial score (nSPS) is 10.3. The Hall–Kier alpha value is -2.56. The summed E-state index contributed by atoms with van der Waals surface area (Å²) in [7, 11) is 4.82. The molecule has 0 saturated carbocycles. The second-order valence-corrected chi connectivity index (χ2v) is 5.30. The molecule has 0 aromatic heterocycles. The quantitative estimate of drug-likeness (QED) is 0.848. The van der Waals surface area contributed by atoms with Gasteiger partial charge in [-0.3, -0.25) is 4.79 Å². The van der Waals surface area contributed by atoms with Crippen molar-refractivity contribution >= 4 is 5.91 Å². The van der Waals surface area contributed by atoms with E-state index >= 15 is 0 Å². The first-order valence-electron chi connectivity index (χ1n) is 7.18. The van der Waals surface area contributed by atoms with Gasteiger partial charge in [-0.25, -0.2) is 4.39 Å². The molecule has 0 aliphatic heterocycles. The van der Waals surface area contributed by atoms with Crippen LogP contribution in [0.3, 0.4) is 0 Å². The van der Waals surface area contributed by atoms with Crippen molar-refractivity contribution in [2.75, 3.05) is 21.3 Å². The summed E-state index contributed by atoms with van der Waals surface area (Å²) in [5.74, 6) is 0.662. The summed E-state index contributed by atoms with van der Waals surface area (Å²) in [6.07, 6.45) is 0. The molecule has 23 heavy (non-hydrogen) atoms. The minimum Gasteiger partial charge on any atom is -0.497 e. The minimum atomic E-state index is -0.422. The van der Waals surface area contributed by atoms with Crippen LogP contribution in [0.15, 0.2) is 36.4 Å². The van der Waals surface area contributed by atoms with Crippen LogP contribution in [0.1, 0.15) is 21.5 Å². The number of aryl methyl sites for hydroxylation is 1. The summed E-state index contributed by atoms with van der Waals surface area (Å²) in [5.41, 5.74) is 1.95. The fraction of sp³-hybridized carbons (Fsp3) is 0.278. The number of carbonyl (C=O) groups excluding carboxylic acids is 1. The van der Waals surface area contributed by atoms with Crippen molar-refractivity contribution in [1.29, 1.82) is 0 Å². The van der Waals surface area contributed by atoms with Crippen LogP contribution in [0.4, 0.5) is 4.39 Å². The smallest absolute Gasteiger partial charge is 0.254 e. The molecule has 5 heteroatoms. The van der Waals surface area contributed by atoms with Gasteiger partial charge >= 0.3 is 0 Å². The maximum Gasteiger partial charge on any atom is 0.254 e. The number of amides is 1. The highest BCUT2D eigenvalue weighted by molar-refractivity contribution is 5.95. The predicted octanol–water partition coefficient (Wildman–Crippen LogP) is 3.42. The van der Waals surface area contributed by atoms with E-state index in [0.717, 1.165) is 11.1 Å². The van der Waals surface area contributed by atoms with Crippen molar-refractivity contribution in [3.05, 3.63) is 58.9 Å². The Morgan fingerprint density at radius 3 is 2.52 bits per heavy atom. The highest BCUT2D eigenvalue weighted by Gasteiger charge is 2.17. The van der Waals surface area contributed by atoms with Gasteiger partial charge in [0.2, 0.25) is 0 Å². The van der Waals surface area contributed by atoms with Crippen molar-refractivity contribution in [3.63, 3.8) is 0 Å². The number of carbonyl (C=O) groups is 1. The third kappa shape index (κ3) is 3.80. The van der Waals surface area contributed by atoms with Crippen molar-refractivity contribution in [2.45, 2.75) is 13.5 Å². The lowest BCUT2D eigenvalue weighted by Crippen LogP contribution is -2.27. The summed E-state index contributed by atoms with van der Waals surface area (Å²) in [5, 5.41) is 0. The van der Waals surface area contributed by atoms with Crippen LogP contribution in [-0.2, 0) is 6.54 Å². The SMILES string of the molecule is COc1ccc(CN(C)C(=O)c2cc(F)ccc2C)c(OC)c1. The van der Waals surface area contributed by atoms with Crippen LogP contribution in [0.25, 0.3) is 0 Å². The predicted molar refractivity (Wildman–Crippen MR) is 86.5 cm³/mol. The molecule has 2 aromatic carbocycles. The average Bonchev–Trinajstić information content (AvgIpc) is 2.56. The van der Waals surface area contributed by atoms with Gasteiger partial charge < -0.3 is 14.4 Å². The molecular formula is C18H20FNO3. The van der Waals surface area contributed by atoms with Gasteiger partial charge in [-0.15, -0.1) is 0 Å². The molecule has 0 aliphatic carbocycles. The minimum absolute atomic E-state index is 0.236. The van der Waals surface area contributed by atoms with Crippen LogP contribution >= 0.6 is 0 Å². The van der Waals surface area contributed by atoms with Gasteiger partial charge in [0.25, 0.3) is 5.91 Å². The molecule has 0 saturated heterocycles. The van der Waals surface area contributed by atoms with E-state index in [4.69, 9.17) is 9.47 Å². The molecule has 0 radical (unpaired) electrons. The third-order valence-corrected chi connectivity index (χ3v) is 3.68. The van der Waals surface area contributed by atoms with Crippen LogP contribution < -0.4 is 9.47 Å². The molecule has 2 rings (SSSR count). The summed E-state index contributed by atoms with van der Waals surface area (Å²) in [6.45, 7) is 2.14. The first-order chi connectivity index (χ1) is 11.0. The van der Waals surface area contributed by atoms with E-state index in [-0.39, 0.29) is 5.91 Å². The molecule has 0 bridgehead atoms. The van der Waals surface area contributed by atoms with Gasteiger partial charge in [0, 0.05) is 30.8 Å². The van der Waals surface area contributed by atoms with Crippen LogP contribution in [0.2, 0.25) is 0 Å². The van der Waals surface area contributed by atoms with Crippen molar-refractivity contribution in [1.82, 2.24) is 4.90 Å². The molecule has 122 valence electrons. The van der Waals surface area contributed by atoms with Gasteiger partial charge in [0.1, 0.15) is 17.3 Å². The van der Waals surface area contributed by atoms with E-state index < -0.39 is 5.82 Å². The second kappa shape index (κ2) is 7.13. The van der Waals surface area contributed by atoms with E-state index in [1.165, 1.54) is 17.0 Å². The fourth-order valence-corrected chi connectivity index (χ4v) is 2.34. The lowest BCUT2D eigenvalue weighted by molar-refractivity contribution is 0.0783. The highest BCUT2D eigenvalue weighted by Crippen LogP contribution is 2.26. The second-order valence-electron chi connectivity index (χ2n) is 5.30. The van der Waals surface area contributed by atoms with Crippen molar-refractivity contribution in [3.8, 4) is 11.5 Å². The van der Waals surface area contributed by atoms with Gasteiger partial charge in [-0.2, -0.15) is 0 Å². The molecule has 2 aromatic rings. The Kier molecular flexibility index (Phi) is 5.21. The molecule has 0 unspecified atom stereocenters. The van der Waals surface area contributed by atoms with Gasteiger partial charge in [-0.1, -0.05) is 6.07 Å².